The minimum absolute atomic E-state index is 0.479. The Kier molecular flexibility index (Phi) is 7.42. The van der Waals surface area contributed by atoms with Crippen LogP contribution in [0.5, 0.6) is 11.6 Å². The largest absolute Gasteiger partial charge is 0.488 e. The molecule has 0 bridgehead atoms. The molecule has 146 valence electrons. The molecule has 0 saturated heterocycles. The van der Waals surface area contributed by atoms with Crippen molar-refractivity contribution in [3.8, 4) is 11.6 Å². The van der Waals surface area contributed by atoms with Crippen LogP contribution in [0.1, 0.15) is 50.8 Å². The molecule has 0 amide bonds. The van der Waals surface area contributed by atoms with Crippen molar-refractivity contribution in [3.05, 3.63) is 59.8 Å². The summed E-state index contributed by atoms with van der Waals surface area (Å²) in [6, 6.07) is 16.6. The lowest BCUT2D eigenvalue weighted by atomic mass is 10.0. The van der Waals surface area contributed by atoms with Crippen molar-refractivity contribution in [3.63, 3.8) is 0 Å². The van der Waals surface area contributed by atoms with Crippen molar-refractivity contribution in [1.82, 2.24) is 10.2 Å². The Hall–Kier alpha value is -2.88. The highest BCUT2D eigenvalue weighted by atomic mass is 16.5. The standard InChI is InChI=1S/C24H28N2O2/c1-3-5-16-27-23-18-21(25-26-24(23)28-17-6-4-2)15-14-20-12-9-11-19-10-7-8-13-22(19)20/h7-15,18H,3-6,16-17H2,1-2H3/b15-14+. The number of hydrogen-bond acceptors (Lipinski definition) is 4. The molecule has 0 saturated carbocycles. The molecule has 0 atom stereocenters. The van der Waals surface area contributed by atoms with E-state index in [9.17, 15) is 0 Å². The van der Waals surface area contributed by atoms with Crippen LogP contribution in [0, 0.1) is 0 Å². The highest BCUT2D eigenvalue weighted by Crippen LogP contribution is 2.26. The monoisotopic (exact) mass is 376 g/mol. The summed E-state index contributed by atoms with van der Waals surface area (Å²) in [4.78, 5) is 0. The highest BCUT2D eigenvalue weighted by molar-refractivity contribution is 5.92. The van der Waals surface area contributed by atoms with Crippen molar-refractivity contribution < 1.29 is 9.47 Å². The van der Waals surface area contributed by atoms with Crippen LogP contribution in [0.25, 0.3) is 22.9 Å². The predicted octanol–water partition coefficient (Wildman–Crippen LogP) is 6.16. The molecule has 4 heteroatoms. The van der Waals surface area contributed by atoms with Gasteiger partial charge in [-0.2, -0.15) is 0 Å². The third kappa shape index (κ3) is 5.32. The first-order valence-electron chi connectivity index (χ1n) is 10.1. The molecule has 0 N–H and O–H groups in total. The molecule has 0 unspecified atom stereocenters. The molecule has 0 aliphatic carbocycles. The zero-order valence-corrected chi connectivity index (χ0v) is 16.7. The fourth-order valence-corrected chi connectivity index (χ4v) is 2.87. The number of aromatic nitrogens is 2. The quantitative estimate of drug-likeness (QED) is 0.398. The second kappa shape index (κ2) is 10.5. The molecular weight excluding hydrogens is 348 g/mol. The van der Waals surface area contributed by atoms with Gasteiger partial charge in [-0.3, -0.25) is 0 Å². The van der Waals surface area contributed by atoms with Gasteiger partial charge in [0.1, 0.15) is 0 Å². The molecule has 3 aromatic rings. The summed E-state index contributed by atoms with van der Waals surface area (Å²) >= 11 is 0. The molecule has 0 aliphatic heterocycles. The zero-order chi connectivity index (χ0) is 19.6. The van der Waals surface area contributed by atoms with Gasteiger partial charge in [0, 0.05) is 6.07 Å². The third-order valence-electron chi connectivity index (χ3n) is 4.50. The topological polar surface area (TPSA) is 44.2 Å². The van der Waals surface area contributed by atoms with Gasteiger partial charge in [-0.1, -0.05) is 75.2 Å². The van der Waals surface area contributed by atoms with Gasteiger partial charge in [0.05, 0.1) is 18.9 Å². The smallest absolute Gasteiger partial charge is 0.276 e. The van der Waals surface area contributed by atoms with E-state index in [1.807, 2.05) is 12.1 Å². The van der Waals surface area contributed by atoms with Crippen LogP contribution in [0.4, 0.5) is 0 Å². The summed E-state index contributed by atoms with van der Waals surface area (Å²) in [5.41, 5.74) is 1.90. The molecule has 28 heavy (non-hydrogen) atoms. The maximum Gasteiger partial charge on any atom is 0.276 e. The van der Waals surface area contributed by atoms with Gasteiger partial charge < -0.3 is 9.47 Å². The fourth-order valence-electron chi connectivity index (χ4n) is 2.87. The minimum atomic E-state index is 0.479. The Labute approximate surface area is 167 Å². The Morgan fingerprint density at radius 2 is 1.57 bits per heavy atom. The van der Waals surface area contributed by atoms with E-state index >= 15 is 0 Å². The Bertz CT molecular complexity index is 916. The van der Waals surface area contributed by atoms with Gasteiger partial charge >= 0.3 is 0 Å². The Morgan fingerprint density at radius 1 is 0.821 bits per heavy atom. The third-order valence-corrected chi connectivity index (χ3v) is 4.50. The van der Waals surface area contributed by atoms with Crippen LogP contribution in [-0.4, -0.2) is 23.4 Å². The average molecular weight is 377 g/mol. The van der Waals surface area contributed by atoms with E-state index in [-0.39, 0.29) is 0 Å². The molecule has 0 radical (unpaired) electrons. The van der Waals surface area contributed by atoms with Crippen molar-refractivity contribution in [2.45, 2.75) is 39.5 Å². The molecule has 1 heterocycles. The van der Waals surface area contributed by atoms with Crippen molar-refractivity contribution in [1.29, 1.82) is 0 Å². The van der Waals surface area contributed by atoms with Gasteiger partial charge in [-0.05, 0) is 35.3 Å². The second-order valence-corrected chi connectivity index (χ2v) is 6.74. The maximum absolute atomic E-state index is 5.91. The van der Waals surface area contributed by atoms with Crippen molar-refractivity contribution in [2.75, 3.05) is 13.2 Å². The van der Waals surface area contributed by atoms with Gasteiger partial charge in [0.25, 0.3) is 5.88 Å². The Morgan fingerprint density at radius 3 is 2.39 bits per heavy atom. The van der Waals surface area contributed by atoms with Crippen LogP contribution in [0.15, 0.2) is 48.5 Å². The molecule has 1 aromatic heterocycles. The Balaban J connectivity index is 1.82. The lowest BCUT2D eigenvalue weighted by molar-refractivity contribution is 0.250. The first kappa shape index (κ1) is 19.9. The summed E-state index contributed by atoms with van der Waals surface area (Å²) in [5, 5.41) is 11.0. The van der Waals surface area contributed by atoms with Gasteiger partial charge in [0.15, 0.2) is 5.75 Å². The van der Waals surface area contributed by atoms with E-state index < -0.39 is 0 Å². The second-order valence-electron chi connectivity index (χ2n) is 6.74. The molecule has 2 aromatic carbocycles. The zero-order valence-electron chi connectivity index (χ0n) is 16.7. The molecule has 0 fully saturated rings. The van der Waals surface area contributed by atoms with Crippen LogP contribution in [0.2, 0.25) is 0 Å². The number of hydrogen-bond donors (Lipinski definition) is 0. The van der Waals surface area contributed by atoms with Gasteiger partial charge in [-0.25, -0.2) is 0 Å². The van der Waals surface area contributed by atoms with E-state index in [4.69, 9.17) is 9.47 Å². The highest BCUT2D eigenvalue weighted by Gasteiger charge is 2.09. The number of ether oxygens (including phenoxy) is 2. The van der Waals surface area contributed by atoms with E-state index in [0.29, 0.717) is 24.8 Å². The van der Waals surface area contributed by atoms with Gasteiger partial charge in [0.2, 0.25) is 0 Å². The number of nitrogens with zero attached hydrogens (tertiary/aromatic N) is 2. The summed E-state index contributed by atoms with van der Waals surface area (Å²) < 4.78 is 11.7. The summed E-state index contributed by atoms with van der Waals surface area (Å²) in [6.07, 6.45) is 8.18. The molecule has 3 rings (SSSR count). The molecule has 4 nitrogen and oxygen atoms in total. The number of rotatable bonds is 10. The van der Waals surface area contributed by atoms with Crippen molar-refractivity contribution >= 4 is 22.9 Å². The van der Waals surface area contributed by atoms with E-state index in [0.717, 1.165) is 36.9 Å². The number of fused-ring (bicyclic) bond motifs is 1. The van der Waals surface area contributed by atoms with Crippen LogP contribution in [-0.2, 0) is 0 Å². The van der Waals surface area contributed by atoms with Crippen LogP contribution in [0.3, 0.4) is 0 Å². The predicted molar refractivity (Wildman–Crippen MR) is 116 cm³/mol. The average Bonchev–Trinajstić information content (AvgIpc) is 2.73. The fraction of sp³-hybridized carbons (Fsp3) is 0.333. The number of unbranched alkanes of at least 4 members (excludes halogenated alkanes) is 2. The molecule has 0 spiro atoms. The van der Waals surface area contributed by atoms with E-state index in [1.54, 1.807) is 0 Å². The summed E-state index contributed by atoms with van der Waals surface area (Å²) in [5.74, 6) is 1.14. The summed E-state index contributed by atoms with van der Waals surface area (Å²) in [6.45, 7) is 5.55. The normalized spacial score (nSPS) is 11.2. The first-order valence-corrected chi connectivity index (χ1v) is 10.1. The van der Waals surface area contributed by atoms with E-state index in [2.05, 4.69) is 72.6 Å². The molecular formula is C24H28N2O2. The number of benzene rings is 2. The summed E-state index contributed by atoms with van der Waals surface area (Å²) in [7, 11) is 0. The van der Waals surface area contributed by atoms with Gasteiger partial charge in [-0.15, -0.1) is 10.2 Å². The van der Waals surface area contributed by atoms with Crippen LogP contribution < -0.4 is 9.47 Å². The minimum Gasteiger partial charge on any atom is -0.488 e. The van der Waals surface area contributed by atoms with Crippen molar-refractivity contribution in [2.24, 2.45) is 0 Å². The molecule has 0 aliphatic rings. The lowest BCUT2D eigenvalue weighted by Gasteiger charge is -2.11. The van der Waals surface area contributed by atoms with E-state index in [1.165, 1.54) is 10.8 Å². The first-order chi connectivity index (χ1) is 13.8. The maximum atomic E-state index is 5.91. The lowest BCUT2D eigenvalue weighted by Crippen LogP contribution is -2.05. The SMILES string of the molecule is CCCCOc1cc(/C=C/c2cccc3ccccc23)nnc1OCCCC. The van der Waals surface area contributed by atoms with Crippen LogP contribution >= 0.6 is 0 Å².